The second-order valence-electron chi connectivity index (χ2n) is 3.91. The van der Waals surface area contributed by atoms with Crippen LogP contribution in [0.5, 0.6) is 0 Å². The van der Waals surface area contributed by atoms with Gasteiger partial charge in [-0.25, -0.2) is 8.42 Å². The van der Waals surface area contributed by atoms with Crippen LogP contribution in [0.25, 0.3) is 0 Å². The van der Waals surface area contributed by atoms with E-state index in [1.54, 1.807) is 19.1 Å². The number of hydrogen-bond donors (Lipinski definition) is 3. The first kappa shape index (κ1) is 12.9. The number of nitriles is 1. The summed E-state index contributed by atoms with van der Waals surface area (Å²) < 4.78 is 26.6. The zero-order chi connectivity index (χ0) is 14.0. The molecule has 1 aromatic carbocycles. The molecule has 4 N–H and O–H groups in total. The van der Waals surface area contributed by atoms with Crippen LogP contribution in [0.2, 0.25) is 0 Å². The number of hydrogen-bond acceptors (Lipinski definition) is 5. The molecule has 1 aromatic heterocycles. The lowest BCUT2D eigenvalue weighted by atomic mass is 10.2. The number of benzene rings is 1. The Morgan fingerprint density at radius 2 is 2.16 bits per heavy atom. The van der Waals surface area contributed by atoms with E-state index in [0.29, 0.717) is 5.69 Å². The highest BCUT2D eigenvalue weighted by molar-refractivity contribution is 7.92. The summed E-state index contributed by atoms with van der Waals surface area (Å²) >= 11 is 0. The first-order chi connectivity index (χ1) is 8.92. The summed E-state index contributed by atoms with van der Waals surface area (Å²) in [5, 5.41) is 15.4. The standard InChI is InChI=1S/C11H11N5O2S/c1-7-4-11(15-14-7)16-19(17,18)10-3-2-9(13)5-8(10)6-12/h2-5H,13H2,1H3,(H2,14,15,16). The summed E-state index contributed by atoms with van der Waals surface area (Å²) in [4.78, 5) is -0.134. The van der Waals surface area contributed by atoms with Gasteiger partial charge in [0.05, 0.1) is 5.56 Å². The fourth-order valence-electron chi connectivity index (χ4n) is 1.53. The van der Waals surface area contributed by atoms with Crippen LogP contribution in [0, 0.1) is 18.3 Å². The van der Waals surface area contributed by atoms with Crippen LogP contribution < -0.4 is 10.5 Å². The van der Waals surface area contributed by atoms with Crippen LogP contribution >= 0.6 is 0 Å². The van der Waals surface area contributed by atoms with E-state index >= 15 is 0 Å². The number of aryl methyl sites for hydroxylation is 1. The normalized spacial score (nSPS) is 10.9. The van der Waals surface area contributed by atoms with Gasteiger partial charge in [0.15, 0.2) is 5.82 Å². The molecule has 98 valence electrons. The first-order valence-electron chi connectivity index (χ1n) is 5.27. The van der Waals surface area contributed by atoms with Gasteiger partial charge in [0.1, 0.15) is 11.0 Å². The van der Waals surface area contributed by atoms with Crippen molar-refractivity contribution >= 4 is 21.5 Å². The maximum atomic E-state index is 12.1. The molecule has 0 spiro atoms. The minimum absolute atomic E-state index is 0.0141. The van der Waals surface area contributed by atoms with E-state index < -0.39 is 10.0 Å². The average Bonchev–Trinajstić information content (AvgIpc) is 2.73. The van der Waals surface area contributed by atoms with E-state index in [1.807, 2.05) is 0 Å². The van der Waals surface area contributed by atoms with Gasteiger partial charge in [0.2, 0.25) is 0 Å². The molecule has 0 saturated carbocycles. The van der Waals surface area contributed by atoms with Gasteiger partial charge in [-0.3, -0.25) is 9.82 Å². The number of aromatic nitrogens is 2. The SMILES string of the molecule is Cc1cc(NS(=O)(=O)c2ccc(N)cc2C#N)n[nH]1. The predicted molar refractivity (Wildman–Crippen MR) is 69.7 cm³/mol. The second kappa shape index (κ2) is 4.62. The Balaban J connectivity index is 2.43. The first-order valence-corrected chi connectivity index (χ1v) is 6.75. The minimum atomic E-state index is -3.87. The van der Waals surface area contributed by atoms with Crippen LogP contribution in [-0.4, -0.2) is 18.6 Å². The third-order valence-electron chi connectivity index (χ3n) is 2.36. The lowest BCUT2D eigenvalue weighted by Gasteiger charge is -2.07. The van der Waals surface area contributed by atoms with Gasteiger partial charge in [-0.15, -0.1) is 0 Å². The predicted octanol–water partition coefficient (Wildman–Crippen LogP) is 0.973. The fourth-order valence-corrected chi connectivity index (χ4v) is 2.66. The van der Waals surface area contributed by atoms with E-state index in [1.165, 1.54) is 18.2 Å². The van der Waals surface area contributed by atoms with E-state index in [-0.39, 0.29) is 16.3 Å². The maximum Gasteiger partial charge on any atom is 0.264 e. The average molecular weight is 277 g/mol. The summed E-state index contributed by atoms with van der Waals surface area (Å²) in [6, 6.07) is 7.37. The van der Waals surface area contributed by atoms with Crippen molar-refractivity contribution in [1.82, 2.24) is 10.2 Å². The molecule has 0 amide bonds. The molecule has 2 rings (SSSR count). The second-order valence-corrected chi connectivity index (χ2v) is 5.56. The molecule has 0 bridgehead atoms. The molecule has 19 heavy (non-hydrogen) atoms. The molecule has 0 radical (unpaired) electrons. The Bertz CT molecular complexity index is 758. The lowest BCUT2D eigenvalue weighted by molar-refractivity contribution is 0.601. The van der Waals surface area contributed by atoms with Crippen molar-refractivity contribution in [3.8, 4) is 6.07 Å². The highest BCUT2D eigenvalue weighted by Crippen LogP contribution is 2.20. The number of nitrogens with two attached hydrogens (primary N) is 1. The number of nitrogen functional groups attached to an aromatic ring is 1. The van der Waals surface area contributed by atoms with Crippen molar-refractivity contribution in [2.75, 3.05) is 10.5 Å². The van der Waals surface area contributed by atoms with Crippen molar-refractivity contribution in [3.63, 3.8) is 0 Å². The molecule has 0 fully saturated rings. The molecule has 0 saturated heterocycles. The van der Waals surface area contributed by atoms with Gasteiger partial charge in [-0.05, 0) is 25.1 Å². The minimum Gasteiger partial charge on any atom is -0.399 e. The van der Waals surface area contributed by atoms with Crippen LogP contribution in [0.4, 0.5) is 11.5 Å². The number of nitrogens with one attached hydrogen (secondary N) is 2. The van der Waals surface area contributed by atoms with Crippen molar-refractivity contribution in [3.05, 3.63) is 35.5 Å². The number of aromatic amines is 1. The summed E-state index contributed by atoms with van der Waals surface area (Å²) in [7, 11) is -3.87. The Morgan fingerprint density at radius 3 is 2.74 bits per heavy atom. The third kappa shape index (κ3) is 2.66. The van der Waals surface area contributed by atoms with Gasteiger partial charge >= 0.3 is 0 Å². The van der Waals surface area contributed by atoms with E-state index in [9.17, 15) is 8.42 Å². The number of sulfonamides is 1. The lowest BCUT2D eigenvalue weighted by Crippen LogP contribution is -2.14. The fraction of sp³-hybridized carbons (Fsp3) is 0.0909. The van der Waals surface area contributed by atoms with E-state index in [4.69, 9.17) is 11.0 Å². The van der Waals surface area contributed by atoms with E-state index in [0.717, 1.165) is 5.69 Å². The van der Waals surface area contributed by atoms with Crippen molar-refractivity contribution < 1.29 is 8.42 Å². The number of nitrogens with zero attached hydrogens (tertiary/aromatic N) is 2. The monoisotopic (exact) mass is 277 g/mol. The zero-order valence-electron chi connectivity index (χ0n) is 10.0. The molecular formula is C11H11N5O2S. The highest BCUT2D eigenvalue weighted by atomic mass is 32.2. The van der Waals surface area contributed by atoms with Crippen molar-refractivity contribution in [1.29, 1.82) is 5.26 Å². The van der Waals surface area contributed by atoms with Crippen LogP contribution in [0.15, 0.2) is 29.2 Å². The number of anilines is 2. The van der Waals surface area contributed by atoms with Crippen molar-refractivity contribution in [2.24, 2.45) is 0 Å². The molecular weight excluding hydrogens is 266 g/mol. The molecule has 8 heteroatoms. The summed E-state index contributed by atoms with van der Waals surface area (Å²) in [6.07, 6.45) is 0. The highest BCUT2D eigenvalue weighted by Gasteiger charge is 2.19. The molecule has 0 aliphatic rings. The summed E-state index contributed by atoms with van der Waals surface area (Å²) in [6.45, 7) is 1.74. The van der Waals surface area contributed by atoms with Crippen LogP contribution in [-0.2, 0) is 10.0 Å². The Kier molecular flexibility index (Phi) is 3.14. The topological polar surface area (TPSA) is 125 Å². The Labute approximate surface area is 110 Å². The van der Waals surface area contributed by atoms with Gasteiger partial charge in [0, 0.05) is 17.4 Å². The van der Waals surface area contributed by atoms with E-state index in [2.05, 4.69) is 14.9 Å². The summed E-state index contributed by atoms with van der Waals surface area (Å²) in [5.41, 5.74) is 6.55. The van der Waals surface area contributed by atoms with Crippen LogP contribution in [0.1, 0.15) is 11.3 Å². The zero-order valence-corrected chi connectivity index (χ0v) is 10.8. The van der Waals surface area contributed by atoms with Gasteiger partial charge in [-0.1, -0.05) is 0 Å². The molecule has 1 heterocycles. The molecule has 7 nitrogen and oxygen atoms in total. The van der Waals surface area contributed by atoms with Gasteiger partial charge in [0.25, 0.3) is 10.0 Å². The van der Waals surface area contributed by atoms with Crippen molar-refractivity contribution in [2.45, 2.75) is 11.8 Å². The number of rotatable bonds is 3. The molecule has 0 unspecified atom stereocenters. The Hall–Kier alpha value is -2.53. The van der Waals surface area contributed by atoms with Crippen LogP contribution in [0.3, 0.4) is 0 Å². The number of H-pyrrole nitrogens is 1. The maximum absolute atomic E-state index is 12.1. The van der Waals surface area contributed by atoms with Gasteiger partial charge < -0.3 is 5.73 Å². The largest absolute Gasteiger partial charge is 0.399 e. The summed E-state index contributed by atoms with van der Waals surface area (Å²) in [5.74, 6) is 0.165. The molecule has 0 atom stereocenters. The molecule has 0 aliphatic heterocycles. The Morgan fingerprint density at radius 1 is 1.42 bits per heavy atom. The smallest absolute Gasteiger partial charge is 0.264 e. The van der Waals surface area contributed by atoms with Gasteiger partial charge in [-0.2, -0.15) is 10.4 Å². The third-order valence-corrected chi connectivity index (χ3v) is 3.77. The molecule has 2 aromatic rings. The molecule has 0 aliphatic carbocycles. The quantitative estimate of drug-likeness (QED) is 0.721.